The summed E-state index contributed by atoms with van der Waals surface area (Å²) in [5, 5.41) is 8.41. The van der Waals surface area contributed by atoms with Crippen molar-refractivity contribution in [3.8, 4) is 0 Å². The number of unbranched alkanes of at least 4 members (excludes halogenated alkanes) is 1. The number of halogens is 4. The van der Waals surface area contributed by atoms with Crippen LogP contribution in [0.1, 0.15) is 49.0 Å². The minimum absolute atomic E-state index is 0. The average Bonchev–Trinajstić information content (AvgIpc) is 2.59. The molecule has 0 aliphatic carbocycles. The smallest absolute Gasteiger partial charge is 0.357 e. The first-order valence-corrected chi connectivity index (χ1v) is 8.81. The fourth-order valence-electron chi connectivity index (χ4n) is 2.08. The van der Waals surface area contributed by atoms with Gasteiger partial charge in [0, 0.05) is 25.2 Å². The van der Waals surface area contributed by atoms with Crippen molar-refractivity contribution >= 4 is 35.8 Å². The highest BCUT2D eigenvalue weighted by atomic mass is 127. The van der Waals surface area contributed by atoms with Gasteiger partial charge < -0.3 is 16.0 Å². The maximum absolute atomic E-state index is 12.2. The van der Waals surface area contributed by atoms with Gasteiger partial charge in [-0.3, -0.25) is 4.79 Å². The van der Waals surface area contributed by atoms with E-state index in [0.29, 0.717) is 31.2 Å². The predicted molar refractivity (Wildman–Crippen MR) is 113 cm³/mol. The fraction of sp³-hybridized carbons (Fsp3) is 0.556. The lowest BCUT2D eigenvalue weighted by Crippen LogP contribution is -2.38. The molecule has 0 aliphatic rings. The second-order valence-corrected chi connectivity index (χ2v) is 5.79. The third-order valence-electron chi connectivity index (χ3n) is 3.50. The zero-order valence-corrected chi connectivity index (χ0v) is 18.0. The Hall–Kier alpha value is -1.52. The van der Waals surface area contributed by atoms with Gasteiger partial charge in [-0.05, 0) is 31.0 Å². The van der Waals surface area contributed by atoms with Crippen LogP contribution in [0, 0.1) is 0 Å². The van der Waals surface area contributed by atoms with Crippen molar-refractivity contribution in [1.29, 1.82) is 0 Å². The molecule has 1 aromatic carbocycles. The molecule has 0 atom stereocenters. The van der Waals surface area contributed by atoms with Crippen molar-refractivity contribution in [2.24, 2.45) is 4.99 Å². The van der Waals surface area contributed by atoms with Crippen LogP contribution in [0.15, 0.2) is 29.3 Å². The number of nitrogens with zero attached hydrogens (tertiary/aromatic N) is 1. The molecule has 9 heteroatoms. The van der Waals surface area contributed by atoms with Crippen molar-refractivity contribution in [3.05, 3.63) is 35.4 Å². The van der Waals surface area contributed by atoms with Gasteiger partial charge in [-0.15, -0.1) is 24.0 Å². The lowest BCUT2D eigenvalue weighted by atomic mass is 10.1. The number of aliphatic imine (C=N–C) groups is 1. The summed E-state index contributed by atoms with van der Waals surface area (Å²) in [5.74, 6) is 0.216. The number of carbonyl (C=O) groups is 1. The summed E-state index contributed by atoms with van der Waals surface area (Å²) in [6, 6.07) is 7.02. The highest BCUT2D eigenvalue weighted by Gasteiger charge is 2.26. The summed E-state index contributed by atoms with van der Waals surface area (Å²) in [6.07, 6.45) is -3.16. The summed E-state index contributed by atoms with van der Waals surface area (Å²) >= 11 is 0. The maximum atomic E-state index is 12.2. The lowest BCUT2D eigenvalue weighted by molar-refractivity contribution is -0.132. The monoisotopic (exact) mass is 500 g/mol. The molecule has 0 saturated carbocycles. The molecule has 154 valence electrons. The summed E-state index contributed by atoms with van der Waals surface area (Å²) in [4.78, 5) is 16.2. The molecule has 1 rings (SSSR count). The van der Waals surface area contributed by atoms with E-state index in [1.54, 1.807) is 24.3 Å². The Bertz CT molecular complexity index is 577. The van der Waals surface area contributed by atoms with E-state index in [0.717, 1.165) is 18.4 Å². The van der Waals surface area contributed by atoms with Gasteiger partial charge >= 0.3 is 6.18 Å². The Balaban J connectivity index is 0.00000676. The summed E-state index contributed by atoms with van der Waals surface area (Å²) in [6.45, 7) is 5.17. The predicted octanol–water partition coefficient (Wildman–Crippen LogP) is 3.84. The van der Waals surface area contributed by atoms with E-state index in [4.69, 9.17) is 0 Å². The van der Waals surface area contributed by atoms with Gasteiger partial charge in [0.05, 0.1) is 13.0 Å². The van der Waals surface area contributed by atoms with Crippen molar-refractivity contribution < 1.29 is 18.0 Å². The molecule has 3 N–H and O–H groups in total. The minimum Gasteiger partial charge on any atom is -0.357 e. The van der Waals surface area contributed by atoms with Crippen LogP contribution >= 0.6 is 24.0 Å². The first-order chi connectivity index (χ1) is 12.4. The van der Waals surface area contributed by atoms with Gasteiger partial charge in [-0.25, -0.2) is 4.99 Å². The number of carbonyl (C=O) groups excluding carboxylic acids is 1. The van der Waals surface area contributed by atoms with E-state index < -0.39 is 12.6 Å². The molecule has 1 aromatic rings. The molecule has 0 radical (unpaired) electrons. The zero-order chi connectivity index (χ0) is 19.4. The van der Waals surface area contributed by atoms with Crippen LogP contribution in [0.4, 0.5) is 13.2 Å². The molecule has 0 bridgehead atoms. The van der Waals surface area contributed by atoms with Crippen LogP contribution in [-0.4, -0.2) is 37.7 Å². The summed E-state index contributed by atoms with van der Waals surface area (Å²) < 4.78 is 36.6. The van der Waals surface area contributed by atoms with E-state index in [2.05, 4.69) is 27.9 Å². The number of guanidine groups is 1. The normalized spacial score (nSPS) is 11.5. The summed E-state index contributed by atoms with van der Waals surface area (Å²) in [7, 11) is 0. The molecule has 5 nitrogen and oxygen atoms in total. The van der Waals surface area contributed by atoms with Gasteiger partial charge in [0.2, 0.25) is 0 Å². The molecular formula is C18H28F3IN4O. The second kappa shape index (κ2) is 13.6. The first kappa shape index (κ1) is 25.5. The molecule has 0 saturated heterocycles. The zero-order valence-electron chi connectivity index (χ0n) is 15.7. The van der Waals surface area contributed by atoms with Crippen LogP contribution in [0.25, 0.3) is 0 Å². The number of alkyl halides is 3. The Kier molecular flexibility index (Phi) is 12.9. The van der Waals surface area contributed by atoms with E-state index in [1.807, 2.05) is 6.92 Å². The standard InChI is InChI=1S/C18H27F3N4O.HI/c1-3-5-11-23-16(26)15-8-6-14(7-9-15)13-25-17(22-4-2)24-12-10-18(19,20)21;/h6-9H,3-5,10-13H2,1-2H3,(H,23,26)(H2,22,24,25);1H. The Morgan fingerprint density at radius 2 is 1.70 bits per heavy atom. The Morgan fingerprint density at radius 1 is 1.04 bits per heavy atom. The maximum Gasteiger partial charge on any atom is 0.390 e. The van der Waals surface area contributed by atoms with Gasteiger partial charge in [0.25, 0.3) is 5.91 Å². The molecule has 1 amide bonds. The van der Waals surface area contributed by atoms with Crippen LogP contribution < -0.4 is 16.0 Å². The quantitative estimate of drug-likeness (QED) is 0.209. The number of amides is 1. The van der Waals surface area contributed by atoms with Crippen LogP contribution in [-0.2, 0) is 6.54 Å². The van der Waals surface area contributed by atoms with Crippen molar-refractivity contribution in [3.63, 3.8) is 0 Å². The molecule has 0 heterocycles. The minimum atomic E-state index is -4.20. The SMILES string of the molecule is CCCCNC(=O)c1ccc(CN=C(NCC)NCCC(F)(F)F)cc1.I. The molecule has 27 heavy (non-hydrogen) atoms. The van der Waals surface area contributed by atoms with Crippen molar-refractivity contribution in [2.45, 2.75) is 45.8 Å². The van der Waals surface area contributed by atoms with Crippen molar-refractivity contribution in [2.75, 3.05) is 19.6 Å². The fourth-order valence-corrected chi connectivity index (χ4v) is 2.08. The largest absolute Gasteiger partial charge is 0.390 e. The number of hydrogen-bond donors (Lipinski definition) is 3. The van der Waals surface area contributed by atoms with E-state index in [-0.39, 0.29) is 36.4 Å². The number of nitrogens with one attached hydrogen (secondary N) is 3. The van der Waals surface area contributed by atoms with Gasteiger partial charge in [0.15, 0.2) is 5.96 Å². The molecular weight excluding hydrogens is 472 g/mol. The molecule has 0 fully saturated rings. The van der Waals surface area contributed by atoms with Crippen molar-refractivity contribution in [1.82, 2.24) is 16.0 Å². The Morgan fingerprint density at radius 3 is 2.26 bits per heavy atom. The molecule has 0 aromatic heterocycles. The second-order valence-electron chi connectivity index (χ2n) is 5.79. The molecule has 0 spiro atoms. The Labute approximate surface area is 175 Å². The first-order valence-electron chi connectivity index (χ1n) is 8.81. The molecule has 0 unspecified atom stereocenters. The summed E-state index contributed by atoms with van der Waals surface area (Å²) in [5.41, 5.74) is 1.44. The number of benzene rings is 1. The van der Waals surface area contributed by atoms with E-state index in [1.165, 1.54) is 0 Å². The lowest BCUT2D eigenvalue weighted by Gasteiger charge is -2.12. The number of hydrogen-bond acceptors (Lipinski definition) is 2. The van der Waals surface area contributed by atoms with Gasteiger partial charge in [0.1, 0.15) is 0 Å². The topological polar surface area (TPSA) is 65.5 Å². The van der Waals surface area contributed by atoms with Crippen LogP contribution in [0.5, 0.6) is 0 Å². The molecule has 0 aliphatic heterocycles. The van der Waals surface area contributed by atoms with E-state index in [9.17, 15) is 18.0 Å². The van der Waals surface area contributed by atoms with Gasteiger partial charge in [-0.1, -0.05) is 25.5 Å². The highest BCUT2D eigenvalue weighted by Crippen LogP contribution is 2.18. The average molecular weight is 500 g/mol. The van der Waals surface area contributed by atoms with E-state index >= 15 is 0 Å². The van der Waals surface area contributed by atoms with Crippen LogP contribution in [0.2, 0.25) is 0 Å². The number of rotatable bonds is 9. The third-order valence-corrected chi connectivity index (χ3v) is 3.50. The highest BCUT2D eigenvalue weighted by molar-refractivity contribution is 14.0. The van der Waals surface area contributed by atoms with Gasteiger partial charge in [-0.2, -0.15) is 13.2 Å². The third kappa shape index (κ3) is 11.7. The van der Waals surface area contributed by atoms with Crippen LogP contribution in [0.3, 0.4) is 0 Å².